The number of carbonyl (C=O) groups is 1. The molecule has 0 unspecified atom stereocenters. The van der Waals surface area contributed by atoms with E-state index in [0.717, 1.165) is 43.3 Å². The maximum absolute atomic E-state index is 12.4. The number of hydrogen-bond acceptors (Lipinski definition) is 6. The molecule has 0 atom stereocenters. The van der Waals surface area contributed by atoms with E-state index in [-0.39, 0.29) is 23.7 Å². The number of ketones is 1. The fraction of sp³-hybridized carbons (Fsp3) is 0.375. The predicted molar refractivity (Wildman–Crippen MR) is 136 cm³/mol. The van der Waals surface area contributed by atoms with Crippen molar-refractivity contribution in [3.05, 3.63) is 53.1 Å². The lowest BCUT2D eigenvalue weighted by Gasteiger charge is -2.36. The first-order valence-electron chi connectivity index (χ1n) is 10.3. The third kappa shape index (κ3) is 7.82. The molecular weight excluding hydrogens is 467 g/mol. The summed E-state index contributed by atoms with van der Waals surface area (Å²) >= 11 is 5.97. The van der Waals surface area contributed by atoms with E-state index in [1.54, 1.807) is 33.5 Å². The SMILES string of the molecule is COc1cc(/C=C/C(=O)CCN2CCN(c3ccc(Cl)cc3)CC2)cc(OC)c1OC.Cl.O. The lowest BCUT2D eigenvalue weighted by atomic mass is 10.1. The van der Waals surface area contributed by atoms with Crippen LogP contribution in [0.1, 0.15) is 12.0 Å². The summed E-state index contributed by atoms with van der Waals surface area (Å²) in [4.78, 5) is 17.1. The largest absolute Gasteiger partial charge is 0.493 e. The molecule has 2 aromatic rings. The summed E-state index contributed by atoms with van der Waals surface area (Å²) in [7, 11) is 4.71. The van der Waals surface area contributed by atoms with Crippen LogP contribution in [0.2, 0.25) is 5.02 Å². The summed E-state index contributed by atoms with van der Waals surface area (Å²) in [6, 6.07) is 11.6. The first-order chi connectivity index (χ1) is 15.0. The van der Waals surface area contributed by atoms with Crippen LogP contribution < -0.4 is 19.1 Å². The third-order valence-corrected chi connectivity index (χ3v) is 5.64. The highest BCUT2D eigenvalue weighted by molar-refractivity contribution is 6.30. The number of anilines is 1. The second kappa shape index (κ2) is 14.0. The molecule has 1 fully saturated rings. The van der Waals surface area contributed by atoms with E-state index in [0.29, 0.717) is 23.7 Å². The van der Waals surface area contributed by atoms with Gasteiger partial charge in [-0.15, -0.1) is 12.4 Å². The highest BCUT2D eigenvalue weighted by atomic mass is 35.5. The maximum Gasteiger partial charge on any atom is 0.203 e. The lowest BCUT2D eigenvalue weighted by molar-refractivity contribution is -0.114. The standard InChI is InChI=1S/C24H29ClN2O4.ClH.H2O/c1-29-22-16-18(17-23(30-2)24(22)31-3)4-9-21(28)10-11-26-12-14-27(15-13-26)20-7-5-19(25)6-8-20;;/h4-9,16-17H,10-15H2,1-3H3;1H;1H2/b9-4+;;. The van der Waals surface area contributed by atoms with Gasteiger partial charge in [0, 0.05) is 49.9 Å². The van der Waals surface area contributed by atoms with Crippen LogP contribution in [0.5, 0.6) is 17.2 Å². The van der Waals surface area contributed by atoms with Gasteiger partial charge in [-0.3, -0.25) is 9.69 Å². The van der Waals surface area contributed by atoms with E-state index < -0.39 is 0 Å². The van der Waals surface area contributed by atoms with Crippen molar-refractivity contribution >= 4 is 41.6 Å². The van der Waals surface area contributed by atoms with E-state index in [9.17, 15) is 4.79 Å². The molecule has 3 rings (SSSR count). The van der Waals surface area contributed by atoms with Crippen LogP contribution in [0, 0.1) is 0 Å². The summed E-state index contributed by atoms with van der Waals surface area (Å²) in [5, 5.41) is 0.750. The first kappa shape index (κ1) is 28.6. The Labute approximate surface area is 206 Å². The maximum atomic E-state index is 12.4. The molecule has 1 heterocycles. The second-order valence-electron chi connectivity index (χ2n) is 7.31. The molecule has 2 N–H and O–H groups in total. The highest BCUT2D eigenvalue weighted by Crippen LogP contribution is 2.38. The monoisotopic (exact) mass is 498 g/mol. The number of halogens is 2. The molecule has 1 aliphatic heterocycles. The Bertz CT molecular complexity index is 889. The number of rotatable bonds is 9. The lowest BCUT2D eigenvalue weighted by Crippen LogP contribution is -2.46. The highest BCUT2D eigenvalue weighted by Gasteiger charge is 2.17. The van der Waals surface area contributed by atoms with E-state index >= 15 is 0 Å². The molecular formula is C24H32Cl2N2O5. The zero-order valence-corrected chi connectivity index (χ0v) is 20.7. The van der Waals surface area contributed by atoms with Gasteiger partial charge in [-0.1, -0.05) is 17.7 Å². The number of ether oxygens (including phenoxy) is 3. The van der Waals surface area contributed by atoms with Crippen molar-refractivity contribution in [1.29, 1.82) is 0 Å². The van der Waals surface area contributed by atoms with Crippen LogP contribution in [0.3, 0.4) is 0 Å². The first-order valence-corrected chi connectivity index (χ1v) is 10.7. The molecule has 182 valence electrons. The minimum absolute atomic E-state index is 0. The number of methoxy groups -OCH3 is 3. The van der Waals surface area contributed by atoms with Crippen molar-refractivity contribution in [2.45, 2.75) is 6.42 Å². The smallest absolute Gasteiger partial charge is 0.203 e. The Balaban J connectivity index is 0.00000272. The Kier molecular flexibility index (Phi) is 12.1. The van der Waals surface area contributed by atoms with Gasteiger partial charge in [0.25, 0.3) is 0 Å². The van der Waals surface area contributed by atoms with Gasteiger partial charge in [0.2, 0.25) is 5.75 Å². The predicted octanol–water partition coefficient (Wildman–Crippen LogP) is 3.76. The van der Waals surface area contributed by atoms with Gasteiger partial charge in [0.05, 0.1) is 21.3 Å². The molecule has 33 heavy (non-hydrogen) atoms. The van der Waals surface area contributed by atoms with Gasteiger partial charge in [0.15, 0.2) is 17.3 Å². The van der Waals surface area contributed by atoms with E-state index in [1.165, 1.54) is 5.69 Å². The summed E-state index contributed by atoms with van der Waals surface area (Å²) in [5.74, 6) is 1.75. The molecule has 0 spiro atoms. The van der Waals surface area contributed by atoms with Crippen LogP contribution in [0.15, 0.2) is 42.5 Å². The molecule has 0 aromatic heterocycles. The molecule has 1 saturated heterocycles. The molecule has 1 aliphatic rings. The summed E-state index contributed by atoms with van der Waals surface area (Å²) in [6.07, 6.45) is 3.89. The van der Waals surface area contributed by atoms with Crippen molar-refractivity contribution < 1.29 is 24.5 Å². The van der Waals surface area contributed by atoms with Gasteiger partial charge < -0.3 is 24.6 Å². The quantitative estimate of drug-likeness (QED) is 0.489. The van der Waals surface area contributed by atoms with Crippen LogP contribution in [0.25, 0.3) is 6.08 Å². The Hall–Kier alpha value is -2.45. The van der Waals surface area contributed by atoms with E-state index in [1.807, 2.05) is 24.3 Å². The Morgan fingerprint density at radius 1 is 0.970 bits per heavy atom. The Morgan fingerprint density at radius 3 is 2.06 bits per heavy atom. The number of hydrogen-bond donors (Lipinski definition) is 0. The fourth-order valence-corrected chi connectivity index (χ4v) is 3.75. The normalized spacial score (nSPS) is 13.8. The average molecular weight is 499 g/mol. The Morgan fingerprint density at radius 2 is 1.55 bits per heavy atom. The zero-order chi connectivity index (χ0) is 22.2. The second-order valence-corrected chi connectivity index (χ2v) is 7.75. The summed E-state index contributed by atoms with van der Waals surface area (Å²) in [6.45, 7) is 4.51. The number of allylic oxidation sites excluding steroid dienone is 1. The topological polar surface area (TPSA) is 82.7 Å². The van der Waals surface area contributed by atoms with Crippen molar-refractivity contribution in [3.63, 3.8) is 0 Å². The van der Waals surface area contributed by atoms with Crippen LogP contribution in [-0.2, 0) is 4.79 Å². The van der Waals surface area contributed by atoms with Crippen molar-refractivity contribution in [2.75, 3.05) is 59.0 Å². The number of nitrogens with zero attached hydrogens (tertiary/aromatic N) is 2. The van der Waals surface area contributed by atoms with Crippen LogP contribution in [0.4, 0.5) is 5.69 Å². The molecule has 9 heteroatoms. The van der Waals surface area contributed by atoms with Crippen LogP contribution >= 0.6 is 24.0 Å². The van der Waals surface area contributed by atoms with Crippen molar-refractivity contribution in [1.82, 2.24) is 4.90 Å². The van der Waals surface area contributed by atoms with Gasteiger partial charge in [-0.2, -0.15) is 0 Å². The molecule has 0 amide bonds. The minimum Gasteiger partial charge on any atom is -0.493 e. The van der Waals surface area contributed by atoms with Gasteiger partial charge in [-0.05, 0) is 48.0 Å². The van der Waals surface area contributed by atoms with E-state index in [2.05, 4.69) is 21.9 Å². The van der Waals surface area contributed by atoms with Gasteiger partial charge >= 0.3 is 0 Å². The summed E-state index contributed by atoms with van der Waals surface area (Å²) in [5.41, 5.74) is 2.01. The van der Waals surface area contributed by atoms with Gasteiger partial charge in [-0.25, -0.2) is 0 Å². The molecule has 7 nitrogen and oxygen atoms in total. The molecule has 2 aromatic carbocycles. The third-order valence-electron chi connectivity index (χ3n) is 5.39. The molecule has 0 saturated carbocycles. The van der Waals surface area contributed by atoms with Crippen molar-refractivity contribution in [3.8, 4) is 17.2 Å². The molecule has 0 radical (unpaired) electrons. The van der Waals surface area contributed by atoms with Gasteiger partial charge in [0.1, 0.15) is 0 Å². The molecule has 0 aliphatic carbocycles. The van der Waals surface area contributed by atoms with E-state index in [4.69, 9.17) is 25.8 Å². The fourth-order valence-electron chi connectivity index (χ4n) is 3.62. The number of carbonyl (C=O) groups excluding carboxylic acids is 1. The number of benzene rings is 2. The zero-order valence-electron chi connectivity index (χ0n) is 19.2. The average Bonchev–Trinajstić information content (AvgIpc) is 2.81. The number of piperazine rings is 1. The minimum atomic E-state index is 0. The van der Waals surface area contributed by atoms with Crippen LogP contribution in [-0.4, -0.2) is 70.2 Å². The molecule has 0 bridgehead atoms. The van der Waals surface area contributed by atoms with Crippen molar-refractivity contribution in [2.24, 2.45) is 0 Å². The summed E-state index contributed by atoms with van der Waals surface area (Å²) < 4.78 is 16.0.